The van der Waals surface area contributed by atoms with E-state index in [0.29, 0.717) is 19.3 Å². The van der Waals surface area contributed by atoms with Crippen LogP contribution in [0.2, 0.25) is 0 Å². The normalized spacial score (nSPS) is 19.3. The number of anilines is 1. The zero-order chi connectivity index (χ0) is 17.2. The molecule has 2 aromatic heterocycles. The van der Waals surface area contributed by atoms with E-state index in [-0.39, 0.29) is 5.91 Å². The van der Waals surface area contributed by atoms with E-state index in [2.05, 4.69) is 20.2 Å². The number of aryl methyl sites for hydroxylation is 1. The monoisotopic (exact) mass is 360 g/mol. The topological polar surface area (TPSA) is 67.4 Å². The minimum absolute atomic E-state index is 0.0420. The number of hydrogen-bond acceptors (Lipinski definition) is 6. The van der Waals surface area contributed by atoms with Crippen molar-refractivity contribution >= 4 is 33.3 Å². The van der Waals surface area contributed by atoms with E-state index in [1.54, 1.807) is 6.33 Å². The van der Waals surface area contributed by atoms with Gasteiger partial charge in [-0.15, -0.1) is 11.3 Å². The Labute approximate surface area is 151 Å². The first kappa shape index (κ1) is 16.7. The molecule has 2 aromatic rings. The summed E-state index contributed by atoms with van der Waals surface area (Å²) in [7, 11) is 0. The summed E-state index contributed by atoms with van der Waals surface area (Å²) in [6, 6.07) is 0.315. The minimum Gasteiger partial charge on any atom is -0.378 e. The van der Waals surface area contributed by atoms with Crippen molar-refractivity contribution in [2.24, 2.45) is 0 Å². The molecule has 1 aliphatic heterocycles. The highest BCUT2D eigenvalue weighted by molar-refractivity contribution is 7.20. The molecule has 25 heavy (non-hydrogen) atoms. The molecule has 6 nitrogen and oxygen atoms in total. The summed E-state index contributed by atoms with van der Waals surface area (Å²) in [6.45, 7) is 5.09. The zero-order valence-electron chi connectivity index (χ0n) is 14.6. The number of hydrogen-bond donors (Lipinski definition) is 1. The molecule has 1 aliphatic carbocycles. The average Bonchev–Trinajstić information content (AvgIpc) is 3.00. The van der Waals surface area contributed by atoms with Crippen molar-refractivity contribution in [2.75, 3.05) is 31.2 Å². The highest BCUT2D eigenvalue weighted by Gasteiger charge is 2.24. The molecule has 0 spiro atoms. The first-order valence-corrected chi connectivity index (χ1v) is 9.93. The van der Waals surface area contributed by atoms with E-state index in [1.165, 1.54) is 30.6 Å². The molecule has 134 valence electrons. The Balaban J connectivity index is 1.63. The van der Waals surface area contributed by atoms with Crippen LogP contribution in [0.25, 0.3) is 10.2 Å². The van der Waals surface area contributed by atoms with Crippen LogP contribution in [-0.4, -0.2) is 48.2 Å². The molecule has 2 aliphatic rings. The number of fused-ring (bicyclic) bond motifs is 1. The van der Waals surface area contributed by atoms with E-state index in [9.17, 15) is 4.79 Å². The van der Waals surface area contributed by atoms with Gasteiger partial charge in [-0.1, -0.05) is 19.3 Å². The maximum atomic E-state index is 12.8. The largest absolute Gasteiger partial charge is 0.378 e. The number of nitrogens with one attached hydrogen (secondary N) is 1. The number of amides is 1. The summed E-state index contributed by atoms with van der Waals surface area (Å²) in [6.07, 6.45) is 7.49. The minimum atomic E-state index is 0.0420. The van der Waals surface area contributed by atoms with Crippen molar-refractivity contribution < 1.29 is 9.53 Å². The number of ether oxygens (including phenoxy) is 1. The van der Waals surface area contributed by atoms with Gasteiger partial charge in [-0.3, -0.25) is 4.79 Å². The zero-order valence-corrected chi connectivity index (χ0v) is 15.4. The lowest BCUT2D eigenvalue weighted by Crippen LogP contribution is -2.37. The first-order valence-electron chi connectivity index (χ1n) is 9.11. The van der Waals surface area contributed by atoms with Gasteiger partial charge in [0.05, 0.1) is 23.5 Å². The molecule has 1 amide bonds. The highest BCUT2D eigenvalue weighted by Crippen LogP contribution is 2.35. The lowest BCUT2D eigenvalue weighted by atomic mass is 9.95. The second kappa shape index (κ2) is 7.25. The summed E-state index contributed by atoms with van der Waals surface area (Å²) >= 11 is 1.48. The number of rotatable bonds is 3. The fourth-order valence-corrected chi connectivity index (χ4v) is 4.83. The second-order valence-corrected chi connectivity index (χ2v) is 7.84. The molecule has 2 fully saturated rings. The van der Waals surface area contributed by atoms with Gasteiger partial charge in [0.2, 0.25) is 0 Å². The van der Waals surface area contributed by atoms with Crippen LogP contribution in [0, 0.1) is 6.92 Å². The van der Waals surface area contributed by atoms with Crippen LogP contribution in [0.4, 0.5) is 5.82 Å². The third-order valence-electron chi connectivity index (χ3n) is 5.16. The quantitative estimate of drug-likeness (QED) is 0.912. The van der Waals surface area contributed by atoms with Crippen LogP contribution in [-0.2, 0) is 4.74 Å². The lowest BCUT2D eigenvalue weighted by Gasteiger charge is -2.28. The summed E-state index contributed by atoms with van der Waals surface area (Å²) in [5, 5.41) is 4.24. The average molecular weight is 360 g/mol. The molecule has 1 saturated carbocycles. The Hall–Kier alpha value is -1.73. The van der Waals surface area contributed by atoms with Gasteiger partial charge in [0.15, 0.2) is 0 Å². The standard InChI is InChI=1S/C18H24N4O2S/c1-12-14-16(22-7-9-24-10-8-22)19-11-20-18(14)25-15(12)17(23)21-13-5-3-2-4-6-13/h11,13H,2-10H2,1H3,(H,21,23). The molecule has 0 unspecified atom stereocenters. The predicted octanol–water partition coefficient (Wildman–Crippen LogP) is 2.90. The maximum Gasteiger partial charge on any atom is 0.261 e. The molecule has 0 atom stereocenters. The second-order valence-electron chi connectivity index (χ2n) is 6.84. The molecule has 1 N–H and O–H groups in total. The lowest BCUT2D eigenvalue weighted by molar-refractivity contribution is 0.0931. The Morgan fingerprint density at radius 1 is 1.24 bits per heavy atom. The summed E-state index contributed by atoms with van der Waals surface area (Å²) < 4.78 is 5.44. The maximum absolute atomic E-state index is 12.8. The molecular formula is C18H24N4O2S. The van der Waals surface area contributed by atoms with Gasteiger partial charge in [0.1, 0.15) is 17.0 Å². The van der Waals surface area contributed by atoms with Crippen LogP contribution >= 0.6 is 11.3 Å². The van der Waals surface area contributed by atoms with Crippen molar-refractivity contribution in [2.45, 2.75) is 45.1 Å². The van der Waals surface area contributed by atoms with Gasteiger partial charge in [0.25, 0.3) is 5.91 Å². The number of nitrogens with zero attached hydrogens (tertiary/aromatic N) is 3. The molecule has 3 heterocycles. The highest BCUT2D eigenvalue weighted by atomic mass is 32.1. The predicted molar refractivity (Wildman–Crippen MR) is 99.5 cm³/mol. The molecule has 0 bridgehead atoms. The first-order chi connectivity index (χ1) is 12.2. The van der Waals surface area contributed by atoms with Gasteiger partial charge in [-0.2, -0.15) is 0 Å². The fraction of sp³-hybridized carbons (Fsp3) is 0.611. The van der Waals surface area contributed by atoms with E-state index in [0.717, 1.165) is 52.4 Å². The fourth-order valence-electron chi connectivity index (χ4n) is 3.78. The summed E-state index contributed by atoms with van der Waals surface area (Å²) in [5.41, 5.74) is 0.996. The van der Waals surface area contributed by atoms with Gasteiger partial charge < -0.3 is 15.0 Å². The van der Waals surface area contributed by atoms with Gasteiger partial charge in [-0.25, -0.2) is 9.97 Å². The van der Waals surface area contributed by atoms with Crippen molar-refractivity contribution in [3.05, 3.63) is 16.8 Å². The van der Waals surface area contributed by atoms with Crippen LogP contribution < -0.4 is 10.2 Å². The Morgan fingerprint density at radius 3 is 2.76 bits per heavy atom. The van der Waals surface area contributed by atoms with E-state index < -0.39 is 0 Å². The van der Waals surface area contributed by atoms with E-state index >= 15 is 0 Å². The number of thiophene rings is 1. The Kier molecular flexibility index (Phi) is 4.85. The van der Waals surface area contributed by atoms with Crippen molar-refractivity contribution in [3.63, 3.8) is 0 Å². The molecular weight excluding hydrogens is 336 g/mol. The number of aromatic nitrogens is 2. The third-order valence-corrected chi connectivity index (χ3v) is 6.36. The number of carbonyl (C=O) groups excluding carboxylic acids is 1. The van der Waals surface area contributed by atoms with Gasteiger partial charge in [0, 0.05) is 19.1 Å². The number of morpholine rings is 1. The van der Waals surface area contributed by atoms with Crippen LogP contribution in [0.3, 0.4) is 0 Å². The van der Waals surface area contributed by atoms with Gasteiger partial charge >= 0.3 is 0 Å². The van der Waals surface area contributed by atoms with Crippen molar-refractivity contribution in [1.29, 1.82) is 0 Å². The molecule has 0 radical (unpaired) electrons. The van der Waals surface area contributed by atoms with Crippen molar-refractivity contribution in [1.82, 2.24) is 15.3 Å². The summed E-state index contributed by atoms with van der Waals surface area (Å²) in [5.74, 6) is 0.971. The SMILES string of the molecule is Cc1c(C(=O)NC2CCCCC2)sc2ncnc(N3CCOCC3)c12. The third kappa shape index (κ3) is 3.35. The molecule has 4 rings (SSSR count). The Morgan fingerprint density at radius 2 is 2.00 bits per heavy atom. The smallest absolute Gasteiger partial charge is 0.261 e. The number of carbonyl (C=O) groups is 1. The van der Waals surface area contributed by atoms with Gasteiger partial charge in [-0.05, 0) is 25.3 Å². The van der Waals surface area contributed by atoms with E-state index in [4.69, 9.17) is 4.74 Å². The van der Waals surface area contributed by atoms with Crippen LogP contribution in [0.1, 0.15) is 47.3 Å². The molecule has 0 aromatic carbocycles. The Bertz CT molecular complexity index is 764. The summed E-state index contributed by atoms with van der Waals surface area (Å²) in [4.78, 5) is 25.6. The van der Waals surface area contributed by atoms with Crippen LogP contribution in [0.15, 0.2) is 6.33 Å². The van der Waals surface area contributed by atoms with Crippen LogP contribution in [0.5, 0.6) is 0 Å². The van der Waals surface area contributed by atoms with E-state index in [1.807, 2.05) is 6.92 Å². The van der Waals surface area contributed by atoms with Crippen molar-refractivity contribution in [3.8, 4) is 0 Å². The molecule has 1 saturated heterocycles. The molecule has 7 heteroatoms.